The number of nitrogens with two attached hydrogens (primary N) is 1. The number of rotatable bonds is 5. The van der Waals surface area contributed by atoms with Crippen molar-refractivity contribution in [2.45, 2.75) is 45.6 Å². The fourth-order valence-corrected chi connectivity index (χ4v) is 5.63. The third-order valence-electron chi connectivity index (χ3n) is 7.31. The van der Waals surface area contributed by atoms with Crippen molar-refractivity contribution in [1.82, 2.24) is 9.78 Å². The van der Waals surface area contributed by atoms with Crippen LogP contribution in [0.1, 0.15) is 47.7 Å². The highest BCUT2D eigenvalue weighted by molar-refractivity contribution is 5.59. The first-order chi connectivity index (χ1) is 17.2. The van der Waals surface area contributed by atoms with Crippen molar-refractivity contribution in [2.24, 2.45) is 17.1 Å². The lowest BCUT2D eigenvalue weighted by atomic mass is 9.56. The van der Waals surface area contributed by atoms with E-state index in [4.69, 9.17) is 10.5 Å². The van der Waals surface area contributed by atoms with Crippen molar-refractivity contribution in [3.05, 3.63) is 73.7 Å². The van der Waals surface area contributed by atoms with Gasteiger partial charge >= 0.3 is 5.69 Å². The number of hydrogen-bond donors (Lipinski definition) is 1. The van der Waals surface area contributed by atoms with Gasteiger partial charge in [0.2, 0.25) is 0 Å². The number of nitrogens with zero attached hydrogens (tertiary/aromatic N) is 6. The van der Waals surface area contributed by atoms with Gasteiger partial charge in [-0.25, -0.2) is 0 Å². The summed E-state index contributed by atoms with van der Waals surface area (Å²) in [5, 5.41) is 46.2. The Morgan fingerprint density at radius 2 is 2.03 bits per heavy atom. The third-order valence-corrected chi connectivity index (χ3v) is 7.31. The third kappa shape index (κ3) is 3.57. The second-order valence-electron chi connectivity index (χ2n) is 9.11. The molecule has 2 aliphatic rings. The van der Waals surface area contributed by atoms with Crippen LogP contribution in [-0.2, 0) is 6.54 Å². The number of allylic oxidation sites excluding steroid dienone is 4. The summed E-state index contributed by atoms with van der Waals surface area (Å²) in [7, 11) is 1.53. The number of nitriles is 3. The average molecular weight is 484 g/mol. The molecule has 1 aromatic carbocycles. The van der Waals surface area contributed by atoms with E-state index in [2.05, 4.69) is 23.3 Å². The molecular weight excluding hydrogens is 458 g/mol. The quantitative estimate of drug-likeness (QED) is 0.490. The van der Waals surface area contributed by atoms with E-state index in [1.54, 1.807) is 24.6 Å². The predicted octanol–water partition coefficient (Wildman–Crippen LogP) is 4.06. The van der Waals surface area contributed by atoms with Crippen LogP contribution in [0.2, 0.25) is 0 Å². The van der Waals surface area contributed by atoms with Crippen LogP contribution >= 0.6 is 0 Å². The Kier molecular flexibility index (Phi) is 6.26. The maximum absolute atomic E-state index is 11.5. The van der Waals surface area contributed by atoms with Crippen molar-refractivity contribution in [1.29, 1.82) is 15.8 Å². The van der Waals surface area contributed by atoms with Crippen molar-refractivity contribution < 1.29 is 9.66 Å². The minimum absolute atomic E-state index is 0.0176. The highest BCUT2D eigenvalue weighted by Gasteiger charge is 2.53. The van der Waals surface area contributed by atoms with Gasteiger partial charge in [0.05, 0.1) is 42.0 Å². The molecule has 0 saturated carbocycles. The Bertz CT molecular complexity index is 1430. The first-order valence-electron chi connectivity index (χ1n) is 11.5. The van der Waals surface area contributed by atoms with E-state index in [0.717, 1.165) is 18.4 Å². The SMILES string of the molecule is COc1ccc([C@H]2[C@@H]3CCCC=C3C(C#N)=C(N)C2(C#N)C#N)cc1Cn1nc(C)c([N+](=O)[O-])c1C. The van der Waals surface area contributed by atoms with Gasteiger partial charge in [-0.3, -0.25) is 14.8 Å². The van der Waals surface area contributed by atoms with Crippen LogP contribution in [0.25, 0.3) is 0 Å². The number of fused-ring (bicyclic) bond motifs is 1. The number of ether oxygens (including phenoxy) is 1. The molecule has 2 aliphatic carbocycles. The van der Waals surface area contributed by atoms with Crippen molar-refractivity contribution >= 4 is 5.69 Å². The molecule has 36 heavy (non-hydrogen) atoms. The number of benzene rings is 1. The molecule has 0 bridgehead atoms. The minimum Gasteiger partial charge on any atom is -0.496 e. The van der Waals surface area contributed by atoms with Gasteiger partial charge in [0.25, 0.3) is 0 Å². The first-order valence-corrected chi connectivity index (χ1v) is 11.5. The van der Waals surface area contributed by atoms with E-state index in [0.29, 0.717) is 34.7 Å². The number of aryl methyl sites for hydroxylation is 1. The summed E-state index contributed by atoms with van der Waals surface area (Å²) in [6, 6.07) is 11.9. The predicted molar refractivity (Wildman–Crippen MR) is 129 cm³/mol. The van der Waals surface area contributed by atoms with Crippen molar-refractivity contribution in [2.75, 3.05) is 7.11 Å². The number of methoxy groups -OCH3 is 1. The zero-order chi connectivity index (χ0) is 26.2. The van der Waals surface area contributed by atoms with Crippen LogP contribution in [0.3, 0.4) is 0 Å². The molecule has 0 radical (unpaired) electrons. The van der Waals surface area contributed by atoms with Gasteiger partial charge in [-0.1, -0.05) is 12.1 Å². The molecule has 0 aliphatic heterocycles. The molecule has 0 spiro atoms. The minimum atomic E-state index is -1.72. The molecule has 1 heterocycles. The molecule has 0 saturated heterocycles. The summed E-state index contributed by atoms with van der Waals surface area (Å²) in [6.45, 7) is 3.42. The lowest BCUT2D eigenvalue weighted by Gasteiger charge is -2.43. The number of hydrogen-bond acceptors (Lipinski definition) is 8. The fourth-order valence-electron chi connectivity index (χ4n) is 5.63. The average Bonchev–Trinajstić information content (AvgIpc) is 3.15. The molecule has 182 valence electrons. The number of nitro groups is 1. The maximum atomic E-state index is 11.5. The highest BCUT2D eigenvalue weighted by Crippen LogP contribution is 2.56. The molecule has 2 atom stereocenters. The largest absolute Gasteiger partial charge is 0.496 e. The first kappa shape index (κ1) is 24.5. The van der Waals surface area contributed by atoms with Crippen LogP contribution in [0, 0.1) is 69.3 Å². The van der Waals surface area contributed by atoms with Crippen LogP contribution in [-0.4, -0.2) is 21.8 Å². The Hall–Kier alpha value is -4.62. The molecule has 4 rings (SSSR count). The maximum Gasteiger partial charge on any atom is 0.312 e. The molecule has 0 amide bonds. The fraction of sp³-hybridized carbons (Fsp3) is 0.385. The monoisotopic (exact) mass is 483 g/mol. The molecular formula is C26H25N7O3. The molecule has 10 heteroatoms. The summed E-state index contributed by atoms with van der Waals surface area (Å²) in [5.74, 6) is -0.281. The smallest absolute Gasteiger partial charge is 0.312 e. The van der Waals surface area contributed by atoms with Gasteiger partial charge in [0.1, 0.15) is 23.2 Å². The standard InChI is InChI=1S/C26H25N7O3/c1-15-24(33(34)35)16(2)32(31-15)12-18-10-17(8-9-22(18)36-3)23-20-7-5-4-6-19(20)21(11-27)25(30)26(23,13-28)14-29/h6,8-10,20,23H,4-5,7,12,30H2,1-3H3/t20-,23+/m1/s1. The van der Waals surface area contributed by atoms with E-state index < -0.39 is 16.3 Å². The van der Waals surface area contributed by atoms with Gasteiger partial charge in [-0.05, 0) is 62.3 Å². The molecule has 2 aromatic rings. The van der Waals surface area contributed by atoms with E-state index in [1.807, 2.05) is 18.2 Å². The Morgan fingerprint density at radius 1 is 1.31 bits per heavy atom. The summed E-state index contributed by atoms with van der Waals surface area (Å²) in [6.07, 6.45) is 4.37. The van der Waals surface area contributed by atoms with E-state index in [-0.39, 0.29) is 29.4 Å². The zero-order valence-corrected chi connectivity index (χ0v) is 20.3. The van der Waals surface area contributed by atoms with E-state index in [9.17, 15) is 25.9 Å². The van der Waals surface area contributed by atoms with Gasteiger partial charge in [0, 0.05) is 11.5 Å². The number of aromatic nitrogens is 2. The van der Waals surface area contributed by atoms with Gasteiger partial charge in [-0.2, -0.15) is 20.9 Å². The van der Waals surface area contributed by atoms with Gasteiger partial charge in [0.15, 0.2) is 5.41 Å². The van der Waals surface area contributed by atoms with Crippen LogP contribution in [0.15, 0.2) is 41.1 Å². The topological polar surface area (TPSA) is 168 Å². The molecule has 1 aromatic heterocycles. The molecule has 10 nitrogen and oxygen atoms in total. The lowest BCUT2D eigenvalue weighted by Crippen LogP contribution is -2.42. The van der Waals surface area contributed by atoms with E-state index in [1.165, 1.54) is 7.11 Å². The molecule has 2 N–H and O–H groups in total. The molecule has 0 unspecified atom stereocenters. The second kappa shape index (κ2) is 9.20. The molecule has 0 fully saturated rings. The van der Waals surface area contributed by atoms with Crippen molar-refractivity contribution in [3.63, 3.8) is 0 Å². The van der Waals surface area contributed by atoms with Crippen LogP contribution < -0.4 is 10.5 Å². The van der Waals surface area contributed by atoms with Gasteiger partial charge in [-0.15, -0.1) is 0 Å². The Labute approximate surface area is 208 Å². The van der Waals surface area contributed by atoms with Crippen LogP contribution in [0.5, 0.6) is 5.75 Å². The summed E-state index contributed by atoms with van der Waals surface area (Å²) in [5.41, 5.74) is 7.75. The summed E-state index contributed by atoms with van der Waals surface area (Å²) in [4.78, 5) is 11.0. The van der Waals surface area contributed by atoms with Crippen molar-refractivity contribution in [3.8, 4) is 24.0 Å². The van der Waals surface area contributed by atoms with Gasteiger partial charge < -0.3 is 10.5 Å². The lowest BCUT2D eigenvalue weighted by molar-refractivity contribution is -0.386. The highest BCUT2D eigenvalue weighted by atomic mass is 16.6. The zero-order valence-electron chi connectivity index (χ0n) is 20.3. The second-order valence-corrected chi connectivity index (χ2v) is 9.11. The Morgan fingerprint density at radius 3 is 2.61 bits per heavy atom. The summed E-state index contributed by atoms with van der Waals surface area (Å²) >= 11 is 0. The normalized spacial score (nSPS) is 20.4. The Balaban J connectivity index is 1.89. The summed E-state index contributed by atoms with van der Waals surface area (Å²) < 4.78 is 7.11. The van der Waals surface area contributed by atoms with Crippen LogP contribution in [0.4, 0.5) is 5.69 Å². The van der Waals surface area contributed by atoms with E-state index >= 15 is 0 Å².